The molecule has 0 aliphatic carbocycles. The summed E-state index contributed by atoms with van der Waals surface area (Å²) in [5.41, 5.74) is 9.68. The van der Waals surface area contributed by atoms with Gasteiger partial charge in [0.05, 0.1) is 24.3 Å². The molecule has 26 heavy (non-hydrogen) atoms. The molecule has 3 aromatic rings. The molecule has 4 rings (SSSR count). The van der Waals surface area contributed by atoms with Crippen molar-refractivity contribution in [3.63, 3.8) is 0 Å². The Hall–Kier alpha value is -3.72. The van der Waals surface area contributed by atoms with Crippen molar-refractivity contribution in [2.75, 3.05) is 7.11 Å². The lowest BCUT2D eigenvalue weighted by molar-refractivity contribution is 0.375. The van der Waals surface area contributed by atoms with E-state index < -0.39 is 5.92 Å². The molecule has 2 aromatic carbocycles. The van der Waals surface area contributed by atoms with E-state index >= 15 is 0 Å². The Bertz CT molecular complexity index is 1030. The Morgan fingerprint density at radius 3 is 2.62 bits per heavy atom. The standard InChI is InChI=1S/C20H16N4O2/c1-25-15-10-6-5-9-13(15)16-14(11-21)19(22)26-20-17(16)18(23-24-20)12-7-3-2-4-8-12/h2-10,16H,22H2,1H3,(H,23,24)/t16-/m0/s1. The van der Waals surface area contributed by atoms with Crippen molar-refractivity contribution < 1.29 is 9.47 Å². The fraction of sp³-hybridized carbons (Fsp3) is 0.100. The molecule has 0 unspecified atom stereocenters. The minimum Gasteiger partial charge on any atom is -0.496 e. The summed E-state index contributed by atoms with van der Waals surface area (Å²) in [6.45, 7) is 0. The molecule has 6 nitrogen and oxygen atoms in total. The van der Waals surface area contributed by atoms with Gasteiger partial charge in [0.15, 0.2) is 0 Å². The maximum atomic E-state index is 9.74. The Kier molecular flexibility index (Phi) is 3.82. The van der Waals surface area contributed by atoms with E-state index in [4.69, 9.17) is 15.2 Å². The van der Waals surface area contributed by atoms with E-state index in [9.17, 15) is 5.26 Å². The average molecular weight is 344 g/mol. The van der Waals surface area contributed by atoms with E-state index in [1.54, 1.807) is 7.11 Å². The molecule has 0 spiro atoms. The summed E-state index contributed by atoms with van der Waals surface area (Å²) in [4.78, 5) is 0. The van der Waals surface area contributed by atoms with Crippen molar-refractivity contribution in [2.45, 2.75) is 5.92 Å². The molecule has 1 aliphatic heterocycles. The number of nitrogens with two attached hydrogens (primary N) is 1. The van der Waals surface area contributed by atoms with Gasteiger partial charge in [-0.2, -0.15) is 5.26 Å². The van der Waals surface area contributed by atoms with E-state index in [1.807, 2.05) is 54.6 Å². The van der Waals surface area contributed by atoms with Gasteiger partial charge in [-0.15, -0.1) is 5.10 Å². The lowest BCUT2D eigenvalue weighted by Crippen LogP contribution is -2.21. The number of benzene rings is 2. The normalized spacial score (nSPS) is 15.8. The van der Waals surface area contributed by atoms with Gasteiger partial charge in [0, 0.05) is 5.56 Å². The molecule has 2 heterocycles. The lowest BCUT2D eigenvalue weighted by atomic mass is 9.82. The molecular weight excluding hydrogens is 328 g/mol. The molecule has 1 atom stereocenters. The zero-order chi connectivity index (χ0) is 18.1. The van der Waals surface area contributed by atoms with E-state index in [0.717, 1.165) is 22.4 Å². The SMILES string of the molecule is COc1ccccc1[C@H]1C(C#N)=C(N)Oc2n[nH]c(-c3ccccc3)c21. The summed E-state index contributed by atoms with van der Waals surface area (Å²) in [7, 11) is 1.60. The van der Waals surface area contributed by atoms with Crippen LogP contribution in [0.3, 0.4) is 0 Å². The summed E-state index contributed by atoms with van der Waals surface area (Å²) < 4.78 is 11.1. The van der Waals surface area contributed by atoms with Crippen molar-refractivity contribution in [3.05, 3.63) is 77.2 Å². The first kappa shape index (κ1) is 15.8. The number of para-hydroxylation sites is 1. The molecule has 0 saturated heterocycles. The molecule has 0 radical (unpaired) electrons. The van der Waals surface area contributed by atoms with Crippen molar-refractivity contribution >= 4 is 0 Å². The highest BCUT2D eigenvalue weighted by Gasteiger charge is 2.36. The molecule has 0 saturated carbocycles. The predicted octanol–water partition coefficient (Wildman–Crippen LogP) is 3.30. The number of fused-ring (bicyclic) bond motifs is 1. The molecule has 3 N–H and O–H groups in total. The van der Waals surface area contributed by atoms with Crippen LogP contribution in [-0.4, -0.2) is 17.3 Å². The topological polar surface area (TPSA) is 96.9 Å². The molecule has 0 fully saturated rings. The number of hydrogen-bond donors (Lipinski definition) is 2. The van der Waals surface area contributed by atoms with Crippen molar-refractivity contribution in [3.8, 4) is 29.0 Å². The number of aromatic amines is 1. The van der Waals surface area contributed by atoms with Gasteiger partial charge in [-0.25, -0.2) is 0 Å². The number of allylic oxidation sites excluding steroid dienone is 1. The van der Waals surface area contributed by atoms with Gasteiger partial charge in [0.25, 0.3) is 0 Å². The van der Waals surface area contributed by atoms with Crippen LogP contribution < -0.4 is 15.2 Å². The number of nitrogens with one attached hydrogen (secondary N) is 1. The third-order valence-corrected chi connectivity index (χ3v) is 4.45. The highest BCUT2D eigenvalue weighted by molar-refractivity contribution is 5.71. The molecule has 6 heteroatoms. The number of nitriles is 1. The van der Waals surface area contributed by atoms with Crippen molar-refractivity contribution in [1.29, 1.82) is 5.26 Å². The third kappa shape index (κ3) is 2.38. The van der Waals surface area contributed by atoms with Crippen LogP contribution in [0, 0.1) is 11.3 Å². The maximum absolute atomic E-state index is 9.74. The monoisotopic (exact) mass is 344 g/mol. The Labute approximate surface area is 150 Å². The third-order valence-electron chi connectivity index (χ3n) is 4.45. The second-order valence-corrected chi connectivity index (χ2v) is 5.85. The second kappa shape index (κ2) is 6.30. The Balaban J connectivity index is 1.99. The molecule has 0 bridgehead atoms. The zero-order valence-corrected chi connectivity index (χ0v) is 14.1. The lowest BCUT2D eigenvalue weighted by Gasteiger charge is -2.25. The van der Waals surface area contributed by atoms with Crippen LogP contribution in [0.5, 0.6) is 11.6 Å². The summed E-state index contributed by atoms with van der Waals surface area (Å²) in [5.74, 6) is 0.665. The number of nitrogens with zero attached hydrogens (tertiary/aromatic N) is 2. The van der Waals surface area contributed by atoms with Crippen molar-refractivity contribution in [1.82, 2.24) is 10.2 Å². The average Bonchev–Trinajstić information content (AvgIpc) is 3.10. The minimum absolute atomic E-state index is 0.0574. The minimum atomic E-state index is -0.436. The number of H-pyrrole nitrogens is 1. The van der Waals surface area contributed by atoms with Crippen LogP contribution in [0.4, 0.5) is 0 Å². The first-order valence-electron chi connectivity index (χ1n) is 8.08. The van der Waals surface area contributed by atoms with Gasteiger partial charge in [-0.1, -0.05) is 48.5 Å². The van der Waals surface area contributed by atoms with Crippen LogP contribution >= 0.6 is 0 Å². The van der Waals surface area contributed by atoms with Crippen LogP contribution in [0.25, 0.3) is 11.3 Å². The molecular formula is C20H16N4O2. The quantitative estimate of drug-likeness (QED) is 0.760. The predicted molar refractivity (Wildman–Crippen MR) is 96.3 cm³/mol. The summed E-state index contributed by atoms with van der Waals surface area (Å²) in [5, 5.41) is 17.0. The van der Waals surface area contributed by atoms with Crippen molar-refractivity contribution in [2.24, 2.45) is 5.73 Å². The smallest absolute Gasteiger partial charge is 0.244 e. The zero-order valence-electron chi connectivity index (χ0n) is 14.1. The van der Waals surface area contributed by atoms with Crippen LogP contribution in [0.1, 0.15) is 17.0 Å². The number of rotatable bonds is 3. The van der Waals surface area contributed by atoms with Gasteiger partial charge in [-0.3, -0.25) is 5.10 Å². The summed E-state index contributed by atoms with van der Waals surface area (Å²) in [6.07, 6.45) is 0. The highest BCUT2D eigenvalue weighted by atomic mass is 16.5. The van der Waals surface area contributed by atoms with E-state index in [1.165, 1.54) is 0 Å². The second-order valence-electron chi connectivity index (χ2n) is 5.85. The Morgan fingerprint density at radius 2 is 1.88 bits per heavy atom. The number of aromatic nitrogens is 2. The first-order valence-corrected chi connectivity index (χ1v) is 8.08. The molecule has 1 aromatic heterocycles. The number of methoxy groups -OCH3 is 1. The fourth-order valence-corrected chi connectivity index (χ4v) is 3.29. The first-order chi connectivity index (χ1) is 12.7. The summed E-state index contributed by atoms with van der Waals surface area (Å²) in [6, 6.07) is 19.5. The van der Waals surface area contributed by atoms with Gasteiger partial charge >= 0.3 is 0 Å². The van der Waals surface area contributed by atoms with E-state index in [-0.39, 0.29) is 5.88 Å². The molecule has 0 amide bonds. The van der Waals surface area contributed by atoms with E-state index in [0.29, 0.717) is 17.2 Å². The van der Waals surface area contributed by atoms with Gasteiger partial charge in [0.1, 0.15) is 17.4 Å². The molecule has 128 valence electrons. The van der Waals surface area contributed by atoms with Gasteiger partial charge < -0.3 is 15.2 Å². The van der Waals surface area contributed by atoms with Crippen LogP contribution in [-0.2, 0) is 0 Å². The number of hydrogen-bond acceptors (Lipinski definition) is 5. The van der Waals surface area contributed by atoms with Gasteiger partial charge in [0.2, 0.25) is 11.8 Å². The van der Waals surface area contributed by atoms with E-state index in [2.05, 4.69) is 16.3 Å². The van der Waals surface area contributed by atoms with Crippen LogP contribution in [0.15, 0.2) is 66.1 Å². The van der Waals surface area contributed by atoms with Crippen LogP contribution in [0.2, 0.25) is 0 Å². The highest BCUT2D eigenvalue weighted by Crippen LogP contribution is 2.47. The largest absolute Gasteiger partial charge is 0.496 e. The fourth-order valence-electron chi connectivity index (χ4n) is 3.29. The Morgan fingerprint density at radius 1 is 1.15 bits per heavy atom. The summed E-state index contributed by atoms with van der Waals surface area (Å²) >= 11 is 0. The maximum Gasteiger partial charge on any atom is 0.244 e. The number of ether oxygens (including phenoxy) is 2. The van der Waals surface area contributed by atoms with Gasteiger partial charge in [-0.05, 0) is 11.6 Å². The molecule has 1 aliphatic rings.